The van der Waals surface area contributed by atoms with Gasteiger partial charge in [-0.05, 0) is 29.3 Å². The molecule has 1 aromatic heterocycles. The largest absolute Gasteiger partial charge is 0.370 e. The topological polar surface area (TPSA) is 45.0 Å². The van der Waals surface area contributed by atoms with Crippen LogP contribution in [0.3, 0.4) is 0 Å². The lowest BCUT2D eigenvalue weighted by molar-refractivity contribution is 0.928. The first-order valence-corrected chi connectivity index (χ1v) is 6.83. The first kappa shape index (κ1) is 12.8. The van der Waals surface area contributed by atoms with E-state index in [0.29, 0.717) is 6.54 Å². The summed E-state index contributed by atoms with van der Waals surface area (Å²) in [5.74, 6) is 0. The van der Waals surface area contributed by atoms with E-state index in [9.17, 15) is 0 Å². The van der Waals surface area contributed by atoms with Crippen molar-refractivity contribution >= 4 is 16.6 Å². The normalized spacial score (nSPS) is 10.9. The number of aromatic nitrogens is 1. The third kappa shape index (κ3) is 2.40. The van der Waals surface area contributed by atoms with Crippen molar-refractivity contribution in [1.29, 1.82) is 0 Å². The van der Waals surface area contributed by atoms with Crippen LogP contribution in [0.4, 0.5) is 5.69 Å². The Balaban J connectivity index is 1.82. The Morgan fingerprint density at radius 2 is 1.80 bits per heavy atom. The summed E-state index contributed by atoms with van der Waals surface area (Å²) in [5.41, 5.74) is 10.5. The summed E-state index contributed by atoms with van der Waals surface area (Å²) < 4.78 is 0. The lowest BCUT2D eigenvalue weighted by Gasteiger charge is -2.19. The maximum Gasteiger partial charge on any atom is 0.0457 e. The van der Waals surface area contributed by atoms with E-state index in [1.165, 1.54) is 22.2 Å². The fourth-order valence-electron chi connectivity index (χ4n) is 2.50. The van der Waals surface area contributed by atoms with E-state index >= 15 is 0 Å². The average Bonchev–Trinajstić information content (AvgIpc) is 2.91. The molecular weight excluding hydrogens is 246 g/mol. The zero-order chi connectivity index (χ0) is 13.9. The molecule has 3 aromatic rings. The van der Waals surface area contributed by atoms with E-state index in [1.807, 2.05) is 0 Å². The van der Waals surface area contributed by atoms with E-state index in [1.54, 1.807) is 0 Å². The lowest BCUT2D eigenvalue weighted by Crippen LogP contribution is -2.16. The van der Waals surface area contributed by atoms with Crippen molar-refractivity contribution in [2.45, 2.75) is 13.1 Å². The number of para-hydroxylation sites is 1. The quantitative estimate of drug-likeness (QED) is 0.760. The summed E-state index contributed by atoms with van der Waals surface area (Å²) in [6.45, 7) is 1.47. The fraction of sp³-hybridized carbons (Fsp3) is 0.176. The molecule has 1 heterocycles. The highest BCUT2D eigenvalue weighted by Crippen LogP contribution is 2.22. The molecule has 3 N–H and O–H groups in total. The predicted molar refractivity (Wildman–Crippen MR) is 84.7 cm³/mol. The number of benzene rings is 2. The minimum absolute atomic E-state index is 0.590. The Bertz CT molecular complexity index is 698. The predicted octanol–water partition coefficient (Wildman–Crippen LogP) is 3.26. The molecule has 0 unspecified atom stereocenters. The highest BCUT2D eigenvalue weighted by molar-refractivity contribution is 5.83. The number of nitrogens with two attached hydrogens (primary N) is 1. The van der Waals surface area contributed by atoms with Gasteiger partial charge in [0.25, 0.3) is 0 Å². The highest BCUT2D eigenvalue weighted by atomic mass is 15.1. The second-order valence-corrected chi connectivity index (χ2v) is 5.09. The molecule has 0 saturated carbocycles. The maximum atomic E-state index is 5.63. The fourth-order valence-corrected chi connectivity index (χ4v) is 2.50. The monoisotopic (exact) mass is 265 g/mol. The van der Waals surface area contributed by atoms with E-state index in [2.05, 4.69) is 71.7 Å². The smallest absolute Gasteiger partial charge is 0.0457 e. The number of rotatable bonds is 4. The minimum atomic E-state index is 0.590. The number of anilines is 1. The van der Waals surface area contributed by atoms with Crippen molar-refractivity contribution in [3.63, 3.8) is 0 Å². The molecule has 3 rings (SSSR count). The van der Waals surface area contributed by atoms with Gasteiger partial charge in [-0.25, -0.2) is 0 Å². The molecule has 2 aromatic carbocycles. The van der Waals surface area contributed by atoms with Crippen LogP contribution in [-0.2, 0) is 13.1 Å². The third-order valence-electron chi connectivity index (χ3n) is 3.70. The van der Waals surface area contributed by atoms with Crippen molar-refractivity contribution < 1.29 is 0 Å². The molecule has 0 bridgehead atoms. The molecule has 3 nitrogen and oxygen atoms in total. The summed E-state index contributed by atoms with van der Waals surface area (Å²) in [7, 11) is 2.11. The number of hydrogen-bond acceptors (Lipinski definition) is 2. The van der Waals surface area contributed by atoms with Crippen molar-refractivity contribution in [3.8, 4) is 0 Å². The Kier molecular flexibility index (Phi) is 3.44. The highest BCUT2D eigenvalue weighted by Gasteiger charge is 2.07. The SMILES string of the molecule is CN(Cc1c[nH]c2ccccc12)c1ccc(CN)cc1. The van der Waals surface area contributed by atoms with E-state index in [-0.39, 0.29) is 0 Å². The molecule has 0 radical (unpaired) electrons. The molecule has 0 atom stereocenters. The number of nitrogens with one attached hydrogen (secondary N) is 1. The van der Waals surface area contributed by atoms with Gasteiger partial charge in [-0.2, -0.15) is 0 Å². The first-order chi connectivity index (χ1) is 9.78. The lowest BCUT2D eigenvalue weighted by atomic mass is 10.1. The molecule has 102 valence electrons. The molecule has 0 amide bonds. The molecule has 0 aliphatic heterocycles. The van der Waals surface area contributed by atoms with Gasteiger partial charge in [0.1, 0.15) is 0 Å². The number of fused-ring (bicyclic) bond motifs is 1. The Morgan fingerprint density at radius 3 is 2.55 bits per heavy atom. The maximum absolute atomic E-state index is 5.63. The van der Waals surface area contributed by atoms with Gasteiger partial charge in [-0.1, -0.05) is 30.3 Å². The van der Waals surface area contributed by atoms with Crippen LogP contribution in [-0.4, -0.2) is 12.0 Å². The van der Waals surface area contributed by atoms with Gasteiger partial charge in [0.2, 0.25) is 0 Å². The molecule has 20 heavy (non-hydrogen) atoms. The van der Waals surface area contributed by atoms with Crippen LogP contribution in [0, 0.1) is 0 Å². The molecular formula is C17H19N3. The van der Waals surface area contributed by atoms with Gasteiger partial charge >= 0.3 is 0 Å². The summed E-state index contributed by atoms with van der Waals surface area (Å²) in [6.07, 6.45) is 2.09. The molecule has 0 saturated heterocycles. The Labute approximate surface area is 119 Å². The van der Waals surface area contributed by atoms with Crippen LogP contribution in [0.15, 0.2) is 54.7 Å². The van der Waals surface area contributed by atoms with Crippen LogP contribution >= 0.6 is 0 Å². The van der Waals surface area contributed by atoms with E-state index < -0.39 is 0 Å². The molecule has 0 spiro atoms. The van der Waals surface area contributed by atoms with Crippen LogP contribution in [0.2, 0.25) is 0 Å². The van der Waals surface area contributed by atoms with Gasteiger partial charge in [0.05, 0.1) is 0 Å². The number of hydrogen-bond donors (Lipinski definition) is 2. The van der Waals surface area contributed by atoms with Gasteiger partial charge in [0, 0.05) is 42.9 Å². The molecule has 0 aliphatic carbocycles. The average molecular weight is 265 g/mol. The van der Waals surface area contributed by atoms with Crippen LogP contribution < -0.4 is 10.6 Å². The van der Waals surface area contributed by atoms with Crippen molar-refractivity contribution in [2.24, 2.45) is 5.73 Å². The second-order valence-electron chi connectivity index (χ2n) is 5.09. The van der Waals surface area contributed by atoms with Crippen molar-refractivity contribution in [1.82, 2.24) is 4.98 Å². The van der Waals surface area contributed by atoms with Crippen LogP contribution in [0.5, 0.6) is 0 Å². The number of nitrogens with zero attached hydrogens (tertiary/aromatic N) is 1. The molecule has 0 aliphatic rings. The van der Waals surface area contributed by atoms with Crippen LogP contribution in [0.25, 0.3) is 10.9 Å². The van der Waals surface area contributed by atoms with Crippen molar-refractivity contribution in [3.05, 3.63) is 65.9 Å². The van der Waals surface area contributed by atoms with Gasteiger partial charge in [-0.3, -0.25) is 0 Å². The minimum Gasteiger partial charge on any atom is -0.370 e. The first-order valence-electron chi connectivity index (χ1n) is 6.83. The van der Waals surface area contributed by atoms with E-state index in [4.69, 9.17) is 5.73 Å². The summed E-state index contributed by atoms with van der Waals surface area (Å²) in [6, 6.07) is 16.8. The molecule has 0 fully saturated rings. The standard InChI is InChI=1S/C17H19N3/c1-20(15-8-6-13(10-18)7-9-15)12-14-11-19-17-5-3-2-4-16(14)17/h2-9,11,19H,10,12,18H2,1H3. The Morgan fingerprint density at radius 1 is 1.05 bits per heavy atom. The van der Waals surface area contributed by atoms with E-state index in [0.717, 1.165) is 12.1 Å². The summed E-state index contributed by atoms with van der Waals surface area (Å²) in [5, 5.41) is 1.29. The van der Waals surface area contributed by atoms with Crippen molar-refractivity contribution in [2.75, 3.05) is 11.9 Å². The molecule has 3 heteroatoms. The Hall–Kier alpha value is -2.26. The zero-order valence-corrected chi connectivity index (χ0v) is 11.6. The number of H-pyrrole nitrogens is 1. The van der Waals surface area contributed by atoms with Gasteiger partial charge in [-0.15, -0.1) is 0 Å². The summed E-state index contributed by atoms with van der Waals surface area (Å²) in [4.78, 5) is 5.57. The number of aromatic amines is 1. The third-order valence-corrected chi connectivity index (χ3v) is 3.70. The second kappa shape index (κ2) is 5.39. The van der Waals surface area contributed by atoms with Crippen LogP contribution in [0.1, 0.15) is 11.1 Å². The zero-order valence-electron chi connectivity index (χ0n) is 11.6. The van der Waals surface area contributed by atoms with Gasteiger partial charge in [0.15, 0.2) is 0 Å². The van der Waals surface area contributed by atoms with Gasteiger partial charge < -0.3 is 15.6 Å². The summed E-state index contributed by atoms with van der Waals surface area (Å²) >= 11 is 0.